The van der Waals surface area contributed by atoms with Crippen LogP contribution in [0.2, 0.25) is 0 Å². The molecule has 0 saturated carbocycles. The molecule has 0 aliphatic heterocycles. The van der Waals surface area contributed by atoms with E-state index >= 15 is 0 Å². The summed E-state index contributed by atoms with van der Waals surface area (Å²) in [4.78, 5) is 0. The molecule has 0 unspecified atom stereocenters. The molecular formula is C16H34MgO. The van der Waals surface area contributed by atoms with Gasteiger partial charge in [-0.1, -0.05) is 78.1 Å². The van der Waals surface area contributed by atoms with Gasteiger partial charge in [-0.25, -0.2) is 0 Å². The fraction of sp³-hybridized carbons (Fsp3) is 1.00. The Morgan fingerprint density at radius 3 is 1.22 bits per heavy atom. The van der Waals surface area contributed by atoms with Crippen LogP contribution in [0.25, 0.3) is 0 Å². The summed E-state index contributed by atoms with van der Waals surface area (Å²) in [6, 6.07) is 0. The van der Waals surface area contributed by atoms with Crippen molar-refractivity contribution in [1.29, 1.82) is 0 Å². The molecule has 1 nitrogen and oxygen atoms in total. The van der Waals surface area contributed by atoms with Crippen molar-refractivity contribution < 1.29 is 4.74 Å². The maximum Gasteiger partial charge on any atom is 0.0466 e. The predicted molar refractivity (Wildman–Crippen MR) is 83.3 cm³/mol. The topological polar surface area (TPSA) is 9.23 Å². The molecule has 0 N–H and O–H groups in total. The quantitative estimate of drug-likeness (QED) is 0.304. The molecule has 106 valence electrons. The van der Waals surface area contributed by atoms with E-state index in [0.717, 1.165) is 13.2 Å². The van der Waals surface area contributed by atoms with Crippen LogP contribution in [0.15, 0.2) is 0 Å². The van der Waals surface area contributed by atoms with Crippen molar-refractivity contribution in [3.05, 3.63) is 0 Å². The highest BCUT2D eigenvalue weighted by Crippen LogP contribution is 2.06. The second-order valence-electron chi connectivity index (χ2n) is 5.15. The van der Waals surface area contributed by atoms with Gasteiger partial charge in [0.25, 0.3) is 0 Å². The van der Waals surface area contributed by atoms with Gasteiger partial charge in [-0.15, -0.1) is 0 Å². The molecule has 0 heterocycles. The van der Waals surface area contributed by atoms with Crippen LogP contribution in [0, 0.1) is 0 Å². The van der Waals surface area contributed by atoms with Gasteiger partial charge in [-0.3, -0.25) is 0 Å². The molecule has 0 aliphatic carbocycles. The molecule has 0 aliphatic rings. The Hall–Kier alpha value is 0.726. The molecule has 0 aromatic rings. The second kappa shape index (κ2) is 20.1. The third-order valence-corrected chi connectivity index (χ3v) is 3.28. The average molecular weight is 267 g/mol. The highest BCUT2D eigenvalue weighted by atomic mass is 24.3. The fourth-order valence-electron chi connectivity index (χ4n) is 2.07. The van der Waals surface area contributed by atoms with Gasteiger partial charge in [0.05, 0.1) is 0 Å². The molecule has 0 aromatic carbocycles. The Labute approximate surface area is 132 Å². The Kier molecular flexibility index (Phi) is 23.4. The summed E-state index contributed by atoms with van der Waals surface area (Å²) < 4.78 is 5.65. The average Bonchev–Trinajstić information content (AvgIpc) is 2.35. The lowest BCUT2D eigenvalue weighted by Gasteiger charge is -2.04. The zero-order valence-corrected chi connectivity index (χ0v) is 14.4. The van der Waals surface area contributed by atoms with Gasteiger partial charge >= 0.3 is 0 Å². The van der Waals surface area contributed by atoms with Gasteiger partial charge < -0.3 is 4.74 Å². The van der Waals surface area contributed by atoms with Crippen molar-refractivity contribution in [2.75, 3.05) is 13.2 Å². The predicted octanol–water partition coefficient (Wildman–Crippen LogP) is 5.34. The van der Waals surface area contributed by atoms with Crippen molar-refractivity contribution >= 4 is 23.1 Å². The maximum absolute atomic E-state index is 5.65. The SMILES string of the molecule is CCCCCCCCOCCCCCCCC.[Mg]. The molecule has 0 saturated heterocycles. The molecule has 18 heavy (non-hydrogen) atoms. The normalized spacial score (nSPS) is 10.3. The number of ether oxygens (including phenoxy) is 1. The van der Waals surface area contributed by atoms with Crippen LogP contribution >= 0.6 is 0 Å². The zero-order chi connectivity index (χ0) is 12.6. The van der Waals surface area contributed by atoms with Crippen LogP contribution in [-0.2, 0) is 4.74 Å². The molecular weight excluding hydrogens is 232 g/mol. The maximum atomic E-state index is 5.65. The minimum atomic E-state index is 0. The number of hydrogen-bond acceptors (Lipinski definition) is 1. The summed E-state index contributed by atoms with van der Waals surface area (Å²) in [5, 5.41) is 0. The van der Waals surface area contributed by atoms with Crippen molar-refractivity contribution in [2.45, 2.75) is 90.9 Å². The lowest BCUT2D eigenvalue weighted by atomic mass is 10.1. The van der Waals surface area contributed by atoms with E-state index in [9.17, 15) is 0 Å². The Morgan fingerprint density at radius 1 is 0.500 bits per heavy atom. The zero-order valence-electron chi connectivity index (χ0n) is 13.0. The molecule has 0 amide bonds. The van der Waals surface area contributed by atoms with Crippen molar-refractivity contribution in [3.63, 3.8) is 0 Å². The number of unbranched alkanes of at least 4 members (excludes halogenated alkanes) is 10. The van der Waals surface area contributed by atoms with E-state index in [1.165, 1.54) is 77.0 Å². The molecule has 0 spiro atoms. The van der Waals surface area contributed by atoms with Gasteiger partial charge in [-0.2, -0.15) is 0 Å². The lowest BCUT2D eigenvalue weighted by molar-refractivity contribution is 0.125. The first kappa shape index (κ1) is 21.0. The van der Waals surface area contributed by atoms with Crippen molar-refractivity contribution in [3.8, 4) is 0 Å². The van der Waals surface area contributed by atoms with Gasteiger partial charge in [0.2, 0.25) is 0 Å². The van der Waals surface area contributed by atoms with Gasteiger partial charge in [0.15, 0.2) is 0 Å². The molecule has 0 fully saturated rings. The summed E-state index contributed by atoms with van der Waals surface area (Å²) in [6.07, 6.45) is 16.3. The summed E-state index contributed by atoms with van der Waals surface area (Å²) in [6.45, 7) is 6.51. The van der Waals surface area contributed by atoms with Crippen LogP contribution < -0.4 is 0 Å². The molecule has 2 radical (unpaired) electrons. The van der Waals surface area contributed by atoms with E-state index in [1.807, 2.05) is 0 Å². The Morgan fingerprint density at radius 2 is 0.833 bits per heavy atom. The van der Waals surface area contributed by atoms with E-state index in [0.29, 0.717) is 0 Å². The lowest BCUT2D eigenvalue weighted by Crippen LogP contribution is -1.97. The van der Waals surface area contributed by atoms with Crippen LogP contribution in [0.5, 0.6) is 0 Å². The first-order valence-electron chi connectivity index (χ1n) is 7.99. The van der Waals surface area contributed by atoms with E-state index < -0.39 is 0 Å². The minimum Gasteiger partial charge on any atom is -0.381 e. The molecule has 2 heteroatoms. The summed E-state index contributed by atoms with van der Waals surface area (Å²) in [5.41, 5.74) is 0. The first-order valence-corrected chi connectivity index (χ1v) is 7.99. The van der Waals surface area contributed by atoms with Gasteiger partial charge in [0.1, 0.15) is 0 Å². The molecule has 0 aromatic heterocycles. The van der Waals surface area contributed by atoms with E-state index in [4.69, 9.17) is 4.74 Å². The second-order valence-corrected chi connectivity index (χ2v) is 5.15. The van der Waals surface area contributed by atoms with Crippen LogP contribution in [-0.4, -0.2) is 36.3 Å². The summed E-state index contributed by atoms with van der Waals surface area (Å²) in [5.74, 6) is 0. The third kappa shape index (κ3) is 19.1. The van der Waals surface area contributed by atoms with E-state index in [1.54, 1.807) is 0 Å². The fourth-order valence-corrected chi connectivity index (χ4v) is 2.07. The number of rotatable bonds is 14. The van der Waals surface area contributed by atoms with E-state index in [-0.39, 0.29) is 23.1 Å². The number of hydrogen-bond donors (Lipinski definition) is 0. The van der Waals surface area contributed by atoms with Gasteiger partial charge in [-0.05, 0) is 12.8 Å². The van der Waals surface area contributed by atoms with Gasteiger partial charge in [0, 0.05) is 36.3 Å². The van der Waals surface area contributed by atoms with Crippen molar-refractivity contribution in [1.82, 2.24) is 0 Å². The van der Waals surface area contributed by atoms with Crippen LogP contribution in [0.4, 0.5) is 0 Å². The smallest absolute Gasteiger partial charge is 0.0466 e. The first-order chi connectivity index (χ1) is 8.41. The molecule has 0 atom stereocenters. The highest BCUT2D eigenvalue weighted by Gasteiger charge is 1.92. The Bertz CT molecular complexity index is 114. The summed E-state index contributed by atoms with van der Waals surface area (Å²) in [7, 11) is 0. The monoisotopic (exact) mass is 266 g/mol. The van der Waals surface area contributed by atoms with Crippen LogP contribution in [0.3, 0.4) is 0 Å². The molecule has 0 bridgehead atoms. The Balaban J connectivity index is 0. The largest absolute Gasteiger partial charge is 0.381 e. The van der Waals surface area contributed by atoms with E-state index in [2.05, 4.69) is 13.8 Å². The minimum absolute atomic E-state index is 0. The third-order valence-electron chi connectivity index (χ3n) is 3.28. The van der Waals surface area contributed by atoms with Crippen molar-refractivity contribution in [2.24, 2.45) is 0 Å². The molecule has 0 rings (SSSR count). The standard InChI is InChI=1S/C16H34O.Mg/c1-3-5-7-9-11-13-15-17-16-14-12-10-8-6-4-2;/h3-16H2,1-2H3;. The summed E-state index contributed by atoms with van der Waals surface area (Å²) >= 11 is 0. The van der Waals surface area contributed by atoms with Crippen LogP contribution in [0.1, 0.15) is 90.9 Å². The highest BCUT2D eigenvalue weighted by molar-refractivity contribution is 5.75.